The van der Waals surface area contributed by atoms with E-state index in [2.05, 4.69) is 39.5 Å². The lowest BCUT2D eigenvalue weighted by Gasteiger charge is -2.21. The monoisotopic (exact) mass is 312 g/mol. The van der Waals surface area contributed by atoms with Crippen LogP contribution in [0.1, 0.15) is 36.9 Å². The second-order valence-electron chi connectivity index (χ2n) is 5.00. The van der Waals surface area contributed by atoms with Crippen LogP contribution in [0.2, 0.25) is 0 Å². The van der Waals surface area contributed by atoms with Crippen LogP contribution in [-0.4, -0.2) is 49.7 Å². The molecular weight excluding hydrogens is 284 g/mol. The number of hydrogen-bond donors (Lipinski definition) is 1. The Hall–Kier alpha value is -1.14. The highest BCUT2D eigenvalue weighted by Crippen LogP contribution is 2.09. The van der Waals surface area contributed by atoms with Crippen molar-refractivity contribution in [2.24, 2.45) is 4.99 Å². The summed E-state index contributed by atoms with van der Waals surface area (Å²) in [5.74, 6) is 0.954. The van der Waals surface area contributed by atoms with Gasteiger partial charge in [-0.15, -0.1) is 11.3 Å². The van der Waals surface area contributed by atoms with E-state index < -0.39 is 0 Å². The fourth-order valence-corrected chi connectivity index (χ4v) is 2.59. The molecule has 0 unspecified atom stereocenters. The van der Waals surface area contributed by atoms with Gasteiger partial charge in [0, 0.05) is 39.2 Å². The fourth-order valence-electron chi connectivity index (χ4n) is 1.99. The first-order valence-electron chi connectivity index (χ1n) is 7.56. The van der Waals surface area contributed by atoms with Gasteiger partial charge in [0.25, 0.3) is 0 Å². The molecule has 1 heterocycles. The van der Waals surface area contributed by atoms with Crippen LogP contribution < -0.4 is 5.32 Å². The Kier molecular flexibility index (Phi) is 9.01. The molecule has 0 bridgehead atoms. The van der Waals surface area contributed by atoms with Gasteiger partial charge in [-0.1, -0.05) is 0 Å². The van der Waals surface area contributed by atoms with Gasteiger partial charge < -0.3 is 15.0 Å². The number of nitrogens with one attached hydrogen (secondary N) is 1. The van der Waals surface area contributed by atoms with Gasteiger partial charge in [0.1, 0.15) is 0 Å². The molecule has 0 aliphatic rings. The lowest BCUT2D eigenvalue weighted by atomic mass is 10.2. The predicted molar refractivity (Wildman–Crippen MR) is 90.0 cm³/mol. The molecule has 1 aromatic rings. The first kappa shape index (κ1) is 17.9. The van der Waals surface area contributed by atoms with Crippen molar-refractivity contribution in [1.29, 1.82) is 0 Å². The van der Waals surface area contributed by atoms with E-state index in [1.54, 1.807) is 18.4 Å². The van der Waals surface area contributed by atoms with E-state index in [-0.39, 0.29) is 0 Å². The minimum Gasteiger partial charge on any atom is -0.385 e. The molecule has 1 aromatic heterocycles. The normalized spacial score (nSPS) is 11.7. The first-order valence-corrected chi connectivity index (χ1v) is 8.44. The standard InChI is InChI=1S/C15H28N4OS/c1-5-16-15(17-9-7-6-8-10-20-4)19(3)11-14-12-21-13(2)18-14/h12H,5-11H2,1-4H3,(H,16,17). The zero-order valence-corrected chi connectivity index (χ0v) is 14.5. The molecular formula is C15H28N4OS. The fraction of sp³-hybridized carbons (Fsp3) is 0.733. The molecule has 1 rings (SSSR count). The molecule has 0 fully saturated rings. The Balaban J connectivity index is 2.42. The van der Waals surface area contributed by atoms with Crippen LogP contribution in [0.15, 0.2) is 10.4 Å². The van der Waals surface area contributed by atoms with Crippen LogP contribution >= 0.6 is 11.3 Å². The van der Waals surface area contributed by atoms with Gasteiger partial charge in [-0.25, -0.2) is 4.98 Å². The van der Waals surface area contributed by atoms with Crippen molar-refractivity contribution in [3.63, 3.8) is 0 Å². The second kappa shape index (κ2) is 10.6. The number of nitrogens with zero attached hydrogens (tertiary/aromatic N) is 3. The van der Waals surface area contributed by atoms with Gasteiger partial charge in [0.15, 0.2) is 5.96 Å². The molecule has 0 aliphatic carbocycles. The second-order valence-corrected chi connectivity index (χ2v) is 6.07. The maximum absolute atomic E-state index is 5.05. The van der Waals surface area contributed by atoms with E-state index in [4.69, 9.17) is 4.74 Å². The molecule has 5 nitrogen and oxygen atoms in total. The average Bonchev–Trinajstić information content (AvgIpc) is 2.86. The molecule has 0 amide bonds. The number of ether oxygens (including phenoxy) is 1. The summed E-state index contributed by atoms with van der Waals surface area (Å²) in [6, 6.07) is 0. The summed E-state index contributed by atoms with van der Waals surface area (Å²) in [5.41, 5.74) is 1.10. The third-order valence-corrected chi connectivity index (χ3v) is 3.85. The number of aliphatic imine (C=N–C) groups is 1. The summed E-state index contributed by atoms with van der Waals surface area (Å²) in [6.07, 6.45) is 3.37. The number of methoxy groups -OCH3 is 1. The van der Waals surface area contributed by atoms with E-state index >= 15 is 0 Å². The smallest absolute Gasteiger partial charge is 0.194 e. The van der Waals surface area contributed by atoms with Crippen molar-refractivity contribution >= 4 is 17.3 Å². The number of hydrogen-bond acceptors (Lipinski definition) is 4. The summed E-state index contributed by atoms with van der Waals surface area (Å²) >= 11 is 1.69. The van der Waals surface area contributed by atoms with E-state index in [9.17, 15) is 0 Å². The topological polar surface area (TPSA) is 49.8 Å². The average molecular weight is 312 g/mol. The molecule has 0 saturated carbocycles. The Bertz CT molecular complexity index is 420. The number of guanidine groups is 1. The van der Waals surface area contributed by atoms with Crippen LogP contribution in [0.25, 0.3) is 0 Å². The van der Waals surface area contributed by atoms with Gasteiger partial charge in [-0.05, 0) is 33.1 Å². The van der Waals surface area contributed by atoms with Crippen molar-refractivity contribution < 1.29 is 4.74 Å². The van der Waals surface area contributed by atoms with Crippen LogP contribution in [-0.2, 0) is 11.3 Å². The number of thiazole rings is 1. The molecule has 21 heavy (non-hydrogen) atoms. The maximum Gasteiger partial charge on any atom is 0.194 e. The van der Waals surface area contributed by atoms with Crippen LogP contribution in [0.3, 0.4) is 0 Å². The SMILES string of the molecule is CCNC(=NCCCCCOC)N(C)Cc1csc(C)n1. The van der Waals surface area contributed by atoms with E-state index in [0.717, 1.165) is 62.2 Å². The minimum atomic E-state index is 0.792. The summed E-state index contributed by atoms with van der Waals surface area (Å²) in [5, 5.41) is 6.56. The quantitative estimate of drug-likeness (QED) is 0.433. The molecule has 6 heteroatoms. The van der Waals surface area contributed by atoms with Crippen molar-refractivity contribution in [2.75, 3.05) is 33.9 Å². The Labute approximate surface area is 132 Å². The lowest BCUT2D eigenvalue weighted by Crippen LogP contribution is -2.38. The summed E-state index contributed by atoms with van der Waals surface area (Å²) in [6.45, 7) is 7.49. The Morgan fingerprint density at radius 3 is 2.86 bits per heavy atom. The van der Waals surface area contributed by atoms with Gasteiger partial charge in [0.2, 0.25) is 0 Å². The molecule has 0 aromatic carbocycles. The summed E-state index contributed by atoms with van der Waals surface area (Å²) < 4.78 is 5.05. The highest BCUT2D eigenvalue weighted by atomic mass is 32.1. The number of aromatic nitrogens is 1. The van der Waals surface area contributed by atoms with Gasteiger partial charge in [-0.2, -0.15) is 0 Å². The zero-order chi connectivity index (χ0) is 15.5. The molecule has 0 atom stereocenters. The van der Waals surface area contributed by atoms with Crippen molar-refractivity contribution in [3.05, 3.63) is 16.1 Å². The summed E-state index contributed by atoms with van der Waals surface area (Å²) in [7, 11) is 3.80. The third kappa shape index (κ3) is 7.43. The minimum absolute atomic E-state index is 0.792. The van der Waals surface area contributed by atoms with Gasteiger partial charge in [0.05, 0.1) is 17.2 Å². The van der Waals surface area contributed by atoms with Gasteiger partial charge >= 0.3 is 0 Å². The number of rotatable bonds is 9. The largest absolute Gasteiger partial charge is 0.385 e. The van der Waals surface area contributed by atoms with Gasteiger partial charge in [-0.3, -0.25) is 4.99 Å². The maximum atomic E-state index is 5.05. The Morgan fingerprint density at radius 1 is 1.43 bits per heavy atom. The Morgan fingerprint density at radius 2 is 2.24 bits per heavy atom. The number of unbranched alkanes of at least 4 members (excludes halogenated alkanes) is 2. The van der Waals surface area contributed by atoms with E-state index in [1.807, 2.05) is 6.92 Å². The highest BCUT2D eigenvalue weighted by Gasteiger charge is 2.08. The predicted octanol–water partition coefficient (Wildman–Crippen LogP) is 2.67. The third-order valence-electron chi connectivity index (χ3n) is 3.03. The van der Waals surface area contributed by atoms with Crippen LogP contribution in [0, 0.1) is 6.92 Å². The molecule has 120 valence electrons. The molecule has 0 aliphatic heterocycles. The zero-order valence-electron chi connectivity index (χ0n) is 13.7. The number of aryl methyl sites for hydroxylation is 1. The highest BCUT2D eigenvalue weighted by molar-refractivity contribution is 7.09. The molecule has 0 spiro atoms. The molecule has 0 saturated heterocycles. The van der Waals surface area contributed by atoms with Crippen LogP contribution in [0.5, 0.6) is 0 Å². The first-order chi connectivity index (χ1) is 10.2. The van der Waals surface area contributed by atoms with E-state index in [0.29, 0.717) is 0 Å². The molecule has 0 radical (unpaired) electrons. The van der Waals surface area contributed by atoms with E-state index in [1.165, 1.54) is 0 Å². The van der Waals surface area contributed by atoms with Crippen LogP contribution in [0.4, 0.5) is 0 Å². The van der Waals surface area contributed by atoms with Crippen molar-refractivity contribution in [2.45, 2.75) is 39.7 Å². The van der Waals surface area contributed by atoms with Crippen molar-refractivity contribution in [3.8, 4) is 0 Å². The lowest BCUT2D eigenvalue weighted by molar-refractivity contribution is 0.192. The van der Waals surface area contributed by atoms with Crippen molar-refractivity contribution in [1.82, 2.24) is 15.2 Å². The summed E-state index contributed by atoms with van der Waals surface area (Å²) in [4.78, 5) is 11.3. The molecule has 1 N–H and O–H groups in total.